The summed E-state index contributed by atoms with van der Waals surface area (Å²) in [6.45, 7) is 6.89. The highest BCUT2D eigenvalue weighted by molar-refractivity contribution is 5.52. The number of nitrogens with zero attached hydrogens (tertiary/aromatic N) is 1. The van der Waals surface area contributed by atoms with Gasteiger partial charge in [-0.25, -0.2) is 0 Å². The monoisotopic (exact) mass is 217 g/mol. The summed E-state index contributed by atoms with van der Waals surface area (Å²) in [5, 5.41) is 0. The average molecular weight is 217 g/mol. The topological polar surface area (TPSA) is 3.24 Å². The molecule has 1 aromatic carbocycles. The molecule has 0 N–H and O–H groups in total. The van der Waals surface area contributed by atoms with Crippen LogP contribution in [0.15, 0.2) is 18.2 Å². The van der Waals surface area contributed by atoms with Crippen LogP contribution in [0.25, 0.3) is 0 Å². The summed E-state index contributed by atoms with van der Waals surface area (Å²) >= 11 is 0. The minimum Gasteiger partial charge on any atom is -0.372 e. The van der Waals surface area contributed by atoms with E-state index in [0.29, 0.717) is 0 Å². The first-order valence-electron chi connectivity index (χ1n) is 6.72. The molecule has 1 aliphatic carbocycles. The fourth-order valence-electron chi connectivity index (χ4n) is 2.66. The van der Waals surface area contributed by atoms with Gasteiger partial charge in [0.15, 0.2) is 0 Å². The van der Waals surface area contributed by atoms with Crippen LogP contribution in [-0.2, 0) is 12.8 Å². The molecule has 1 heteroatoms. The number of fused-ring (bicyclic) bond motifs is 1. The van der Waals surface area contributed by atoms with Gasteiger partial charge >= 0.3 is 0 Å². The van der Waals surface area contributed by atoms with Crippen molar-refractivity contribution in [3.63, 3.8) is 0 Å². The molecule has 0 fully saturated rings. The second-order valence-corrected chi connectivity index (χ2v) is 4.79. The van der Waals surface area contributed by atoms with Crippen molar-refractivity contribution in [2.24, 2.45) is 0 Å². The summed E-state index contributed by atoms with van der Waals surface area (Å²) in [5.41, 5.74) is 4.61. The van der Waals surface area contributed by atoms with Crippen molar-refractivity contribution in [3.8, 4) is 0 Å². The molecule has 0 radical (unpaired) electrons. The quantitative estimate of drug-likeness (QED) is 0.725. The first-order valence-corrected chi connectivity index (χ1v) is 6.72. The van der Waals surface area contributed by atoms with Crippen LogP contribution in [-0.4, -0.2) is 13.1 Å². The van der Waals surface area contributed by atoms with E-state index in [0.717, 1.165) is 0 Å². The molecule has 2 rings (SSSR count). The van der Waals surface area contributed by atoms with Gasteiger partial charge < -0.3 is 4.90 Å². The first kappa shape index (κ1) is 11.5. The third-order valence-corrected chi connectivity index (χ3v) is 3.43. The maximum Gasteiger partial charge on any atom is 0.0369 e. The van der Waals surface area contributed by atoms with Crippen LogP contribution >= 0.6 is 0 Å². The lowest BCUT2D eigenvalue weighted by Gasteiger charge is -2.24. The van der Waals surface area contributed by atoms with Gasteiger partial charge in [-0.15, -0.1) is 0 Å². The molecule has 88 valence electrons. The van der Waals surface area contributed by atoms with E-state index in [2.05, 4.69) is 36.9 Å². The second kappa shape index (κ2) is 5.38. The summed E-state index contributed by atoms with van der Waals surface area (Å²) in [5.74, 6) is 0. The van der Waals surface area contributed by atoms with E-state index in [1.54, 1.807) is 11.1 Å². The molecule has 0 aliphatic heterocycles. The fraction of sp³-hybridized carbons (Fsp3) is 0.600. The van der Waals surface area contributed by atoms with Gasteiger partial charge in [0, 0.05) is 18.8 Å². The maximum absolute atomic E-state index is 2.53. The van der Waals surface area contributed by atoms with Gasteiger partial charge in [0.05, 0.1) is 0 Å². The highest BCUT2D eigenvalue weighted by Crippen LogP contribution is 2.27. The number of anilines is 1. The first-order chi connectivity index (χ1) is 7.85. The molecule has 0 saturated heterocycles. The molecule has 0 spiro atoms. The summed E-state index contributed by atoms with van der Waals surface area (Å²) in [7, 11) is 0. The zero-order valence-corrected chi connectivity index (χ0v) is 10.6. The predicted octanol–water partition coefficient (Wildman–Crippen LogP) is 3.80. The lowest BCUT2D eigenvalue weighted by atomic mass is 10.1. The molecule has 0 heterocycles. The molecule has 16 heavy (non-hydrogen) atoms. The van der Waals surface area contributed by atoms with Crippen molar-refractivity contribution in [2.45, 2.75) is 46.0 Å². The van der Waals surface area contributed by atoms with E-state index in [1.165, 1.54) is 50.9 Å². The van der Waals surface area contributed by atoms with Gasteiger partial charge in [0.2, 0.25) is 0 Å². The van der Waals surface area contributed by atoms with E-state index >= 15 is 0 Å². The number of benzene rings is 1. The molecule has 0 amide bonds. The Kier molecular flexibility index (Phi) is 3.87. The lowest BCUT2D eigenvalue weighted by Crippen LogP contribution is -2.24. The smallest absolute Gasteiger partial charge is 0.0369 e. The highest BCUT2D eigenvalue weighted by Gasteiger charge is 2.12. The van der Waals surface area contributed by atoms with Crippen LogP contribution in [0.2, 0.25) is 0 Å². The van der Waals surface area contributed by atoms with E-state index in [4.69, 9.17) is 0 Å². The number of rotatable bonds is 5. The highest BCUT2D eigenvalue weighted by atomic mass is 15.1. The van der Waals surface area contributed by atoms with Crippen LogP contribution in [0.3, 0.4) is 0 Å². The lowest BCUT2D eigenvalue weighted by molar-refractivity contribution is 0.744. The van der Waals surface area contributed by atoms with Crippen molar-refractivity contribution < 1.29 is 0 Å². The summed E-state index contributed by atoms with van der Waals surface area (Å²) in [6, 6.07) is 7.08. The van der Waals surface area contributed by atoms with Gasteiger partial charge in [0.1, 0.15) is 0 Å². The summed E-state index contributed by atoms with van der Waals surface area (Å²) in [6.07, 6.45) is 6.39. The Morgan fingerprint density at radius 3 is 2.38 bits per heavy atom. The molecule has 1 aliphatic rings. The van der Waals surface area contributed by atoms with Crippen LogP contribution in [0.1, 0.15) is 44.2 Å². The molecule has 0 bridgehead atoms. The normalized spacial score (nSPS) is 13.9. The molecule has 0 saturated carbocycles. The number of aryl methyl sites for hydroxylation is 2. The fourth-order valence-corrected chi connectivity index (χ4v) is 2.66. The number of hydrogen-bond donors (Lipinski definition) is 0. The predicted molar refractivity (Wildman–Crippen MR) is 71.3 cm³/mol. The SMILES string of the molecule is CCCN(CCC)c1ccc2c(c1)CCC2. The molecule has 1 nitrogen and oxygen atoms in total. The van der Waals surface area contributed by atoms with Crippen LogP contribution in [0, 0.1) is 0 Å². The summed E-state index contributed by atoms with van der Waals surface area (Å²) in [4.78, 5) is 2.53. The van der Waals surface area contributed by atoms with Gasteiger partial charge in [-0.3, -0.25) is 0 Å². The average Bonchev–Trinajstić information content (AvgIpc) is 2.75. The van der Waals surface area contributed by atoms with Crippen molar-refractivity contribution >= 4 is 5.69 Å². The van der Waals surface area contributed by atoms with Gasteiger partial charge in [-0.05, 0) is 55.4 Å². The molecule has 0 atom stereocenters. The minimum atomic E-state index is 1.19. The van der Waals surface area contributed by atoms with E-state index in [-0.39, 0.29) is 0 Å². The Morgan fingerprint density at radius 2 is 1.69 bits per heavy atom. The van der Waals surface area contributed by atoms with Crippen molar-refractivity contribution in [2.75, 3.05) is 18.0 Å². The van der Waals surface area contributed by atoms with Gasteiger partial charge in [-0.1, -0.05) is 19.9 Å². The van der Waals surface area contributed by atoms with Crippen LogP contribution in [0.5, 0.6) is 0 Å². The molecule has 0 unspecified atom stereocenters. The summed E-state index contributed by atoms with van der Waals surface area (Å²) < 4.78 is 0. The Hall–Kier alpha value is -0.980. The van der Waals surface area contributed by atoms with E-state index in [1.807, 2.05) is 0 Å². The second-order valence-electron chi connectivity index (χ2n) is 4.79. The Morgan fingerprint density at radius 1 is 1.00 bits per heavy atom. The molecule has 1 aromatic rings. The van der Waals surface area contributed by atoms with Gasteiger partial charge in [-0.2, -0.15) is 0 Å². The minimum absolute atomic E-state index is 1.19. The van der Waals surface area contributed by atoms with Crippen molar-refractivity contribution in [3.05, 3.63) is 29.3 Å². The standard InChI is InChI=1S/C15H23N/c1-3-10-16(11-4-2)15-9-8-13-6-5-7-14(13)12-15/h8-9,12H,3-7,10-11H2,1-2H3. The molecular formula is C15H23N. The third kappa shape index (κ3) is 2.40. The Labute approximate surface area is 99.5 Å². The zero-order chi connectivity index (χ0) is 11.4. The van der Waals surface area contributed by atoms with Crippen LogP contribution in [0.4, 0.5) is 5.69 Å². The van der Waals surface area contributed by atoms with Crippen molar-refractivity contribution in [1.82, 2.24) is 0 Å². The van der Waals surface area contributed by atoms with Crippen LogP contribution < -0.4 is 4.90 Å². The van der Waals surface area contributed by atoms with E-state index in [9.17, 15) is 0 Å². The maximum atomic E-state index is 2.53. The van der Waals surface area contributed by atoms with E-state index < -0.39 is 0 Å². The molecular weight excluding hydrogens is 194 g/mol. The third-order valence-electron chi connectivity index (χ3n) is 3.43. The Balaban J connectivity index is 2.17. The van der Waals surface area contributed by atoms with Crippen molar-refractivity contribution in [1.29, 1.82) is 0 Å². The number of hydrogen-bond acceptors (Lipinski definition) is 1. The van der Waals surface area contributed by atoms with Gasteiger partial charge in [0.25, 0.3) is 0 Å². The molecule has 0 aromatic heterocycles. The Bertz CT molecular complexity index is 337. The zero-order valence-electron chi connectivity index (χ0n) is 10.6. The largest absolute Gasteiger partial charge is 0.372 e.